The molecule has 24 heavy (non-hydrogen) atoms. The Hall–Kier alpha value is -1.64. The highest BCUT2D eigenvalue weighted by atomic mass is 35.5. The van der Waals surface area contributed by atoms with Gasteiger partial charge in [0.2, 0.25) is 0 Å². The summed E-state index contributed by atoms with van der Waals surface area (Å²) in [5, 5.41) is 1.52. The van der Waals surface area contributed by atoms with E-state index in [9.17, 15) is 31.1 Å². The topological polar surface area (TPSA) is 38.3 Å². The summed E-state index contributed by atoms with van der Waals surface area (Å²) < 4.78 is 81.2. The summed E-state index contributed by atoms with van der Waals surface area (Å²) in [5.74, 6) is -2.06. The second-order valence-electron chi connectivity index (χ2n) is 4.83. The van der Waals surface area contributed by atoms with E-state index in [0.717, 1.165) is 25.0 Å². The number of alkyl halides is 7. The lowest BCUT2D eigenvalue weighted by Gasteiger charge is -2.30. The van der Waals surface area contributed by atoms with Gasteiger partial charge in [0.15, 0.2) is 0 Å². The predicted molar refractivity (Wildman–Crippen MR) is 76.2 cm³/mol. The van der Waals surface area contributed by atoms with Crippen LogP contribution in [0.15, 0.2) is 24.3 Å². The fourth-order valence-electron chi connectivity index (χ4n) is 1.60. The highest BCUT2D eigenvalue weighted by molar-refractivity contribution is 6.38. The summed E-state index contributed by atoms with van der Waals surface area (Å²) in [5.41, 5.74) is -0.277. The minimum absolute atomic E-state index is 0.277. The van der Waals surface area contributed by atoms with Crippen molar-refractivity contribution in [1.29, 1.82) is 0 Å². The number of ether oxygens (including phenoxy) is 1. The molecule has 1 aromatic carbocycles. The van der Waals surface area contributed by atoms with Gasteiger partial charge in [0.05, 0.1) is 6.61 Å². The van der Waals surface area contributed by atoms with Crippen LogP contribution in [-0.2, 0) is 4.79 Å². The van der Waals surface area contributed by atoms with Crippen molar-refractivity contribution in [1.82, 2.24) is 0 Å². The first-order valence-electron chi connectivity index (χ1n) is 6.80. The summed E-state index contributed by atoms with van der Waals surface area (Å²) in [6.45, 7) is 2.36. The quantitative estimate of drug-likeness (QED) is 0.435. The number of amides is 1. The largest absolute Gasteiger partial charge is 0.494 e. The molecule has 136 valence electrons. The summed E-state index contributed by atoms with van der Waals surface area (Å²) in [6, 6.07) is 4.84. The van der Waals surface area contributed by atoms with Gasteiger partial charge in [-0.05, 0) is 30.7 Å². The number of anilines is 1. The average Bonchev–Trinajstić information content (AvgIpc) is 2.46. The number of carbonyl (C=O) groups is 1. The van der Waals surface area contributed by atoms with Crippen LogP contribution in [0.2, 0.25) is 0 Å². The fourth-order valence-corrected chi connectivity index (χ4v) is 1.65. The second-order valence-corrected chi connectivity index (χ2v) is 5.40. The Morgan fingerprint density at radius 3 is 2.00 bits per heavy atom. The van der Waals surface area contributed by atoms with Crippen molar-refractivity contribution in [3.05, 3.63) is 24.3 Å². The molecule has 1 rings (SSSR count). The number of benzene rings is 1. The minimum atomic E-state index is -6.01. The van der Waals surface area contributed by atoms with E-state index in [0.29, 0.717) is 12.4 Å². The molecule has 0 unspecified atom stereocenters. The molecule has 0 heterocycles. The molecule has 0 saturated carbocycles. The Balaban J connectivity index is 2.89. The average molecular weight is 378 g/mol. The van der Waals surface area contributed by atoms with Crippen LogP contribution in [0.5, 0.6) is 5.75 Å². The first-order chi connectivity index (χ1) is 10.9. The molecule has 1 aromatic rings. The number of nitrogens with one attached hydrogen (secondary N) is 1. The summed E-state index contributed by atoms with van der Waals surface area (Å²) in [4.78, 5) is 6.48. The normalized spacial score (nSPS) is 12.8. The van der Waals surface area contributed by atoms with Gasteiger partial charge in [-0.3, -0.25) is 4.79 Å². The molecule has 0 aromatic heterocycles. The molecular weight excluding hydrogens is 364 g/mol. The Morgan fingerprint density at radius 1 is 1.08 bits per heavy atom. The van der Waals surface area contributed by atoms with E-state index in [1.54, 1.807) is 0 Å². The maximum atomic E-state index is 12.7. The van der Waals surface area contributed by atoms with E-state index in [-0.39, 0.29) is 5.69 Å². The van der Waals surface area contributed by atoms with Crippen LogP contribution in [-0.4, -0.2) is 29.7 Å². The van der Waals surface area contributed by atoms with Crippen molar-refractivity contribution in [2.75, 3.05) is 11.9 Å². The van der Waals surface area contributed by atoms with Gasteiger partial charge in [0.25, 0.3) is 5.91 Å². The highest BCUT2D eigenvalue weighted by Gasteiger charge is 2.75. The third kappa shape index (κ3) is 4.46. The summed E-state index contributed by atoms with van der Waals surface area (Å²) in [7, 11) is 0. The summed E-state index contributed by atoms with van der Waals surface area (Å²) in [6.07, 6.45) is -10.4. The minimum Gasteiger partial charge on any atom is -0.494 e. The van der Waals surface area contributed by atoms with Gasteiger partial charge in [-0.25, -0.2) is 0 Å². The molecular formula is C14H14ClF6NO2. The molecule has 0 spiro atoms. The molecule has 0 aliphatic rings. The standard InChI is InChI=1S/C14H14ClF6NO2/c1-2-3-8-24-10-6-4-9(5-7-10)22-11(23)12(15,13(16,17)18)14(19,20)21/h4-7H,2-3,8H2,1H3,(H,22,23). The molecule has 3 nitrogen and oxygen atoms in total. The Morgan fingerprint density at radius 2 is 1.58 bits per heavy atom. The zero-order valence-corrected chi connectivity index (χ0v) is 13.1. The van der Waals surface area contributed by atoms with E-state index in [1.807, 2.05) is 6.92 Å². The van der Waals surface area contributed by atoms with Gasteiger partial charge >= 0.3 is 17.2 Å². The smallest absolute Gasteiger partial charge is 0.425 e. The first kappa shape index (κ1) is 20.4. The molecule has 10 heteroatoms. The van der Waals surface area contributed by atoms with Gasteiger partial charge in [-0.2, -0.15) is 26.3 Å². The van der Waals surface area contributed by atoms with Crippen LogP contribution >= 0.6 is 11.6 Å². The van der Waals surface area contributed by atoms with Gasteiger partial charge in [-0.1, -0.05) is 24.9 Å². The van der Waals surface area contributed by atoms with E-state index < -0.39 is 23.1 Å². The highest BCUT2D eigenvalue weighted by Crippen LogP contribution is 2.48. The van der Waals surface area contributed by atoms with Crippen LogP contribution in [0.25, 0.3) is 0 Å². The zero-order valence-electron chi connectivity index (χ0n) is 12.4. The molecule has 0 aliphatic heterocycles. The van der Waals surface area contributed by atoms with Crippen molar-refractivity contribution >= 4 is 23.2 Å². The molecule has 1 N–H and O–H groups in total. The first-order valence-corrected chi connectivity index (χ1v) is 7.18. The zero-order chi connectivity index (χ0) is 18.6. The number of unbranched alkanes of at least 4 members (excludes halogenated alkanes) is 1. The number of hydrogen-bond acceptors (Lipinski definition) is 2. The van der Waals surface area contributed by atoms with E-state index in [2.05, 4.69) is 11.6 Å². The van der Waals surface area contributed by atoms with E-state index in [1.165, 1.54) is 17.4 Å². The Bertz CT molecular complexity index is 542. The maximum Gasteiger partial charge on any atom is 0.425 e. The Labute approximate surface area is 138 Å². The van der Waals surface area contributed by atoms with Crippen molar-refractivity contribution < 1.29 is 35.9 Å². The van der Waals surface area contributed by atoms with Crippen molar-refractivity contribution in [2.45, 2.75) is 37.0 Å². The van der Waals surface area contributed by atoms with Gasteiger partial charge < -0.3 is 10.1 Å². The molecule has 1 amide bonds. The molecule has 0 aliphatic carbocycles. The van der Waals surface area contributed by atoms with Gasteiger partial charge in [0.1, 0.15) is 5.75 Å². The molecule has 0 bridgehead atoms. The van der Waals surface area contributed by atoms with Gasteiger partial charge in [0, 0.05) is 5.69 Å². The molecule has 0 radical (unpaired) electrons. The SMILES string of the molecule is CCCCOc1ccc(NC(=O)C(Cl)(C(F)(F)F)C(F)(F)F)cc1. The number of halogens is 7. The molecule has 0 atom stereocenters. The lowest BCUT2D eigenvalue weighted by molar-refractivity contribution is -0.258. The van der Waals surface area contributed by atoms with Gasteiger partial charge in [-0.15, -0.1) is 0 Å². The van der Waals surface area contributed by atoms with Crippen LogP contribution in [0, 0.1) is 0 Å². The lowest BCUT2D eigenvalue weighted by atomic mass is 10.1. The predicted octanol–water partition coefficient (Wildman–Crippen LogP) is 4.91. The third-order valence-corrected chi connectivity index (χ3v) is 3.57. The second kappa shape index (κ2) is 7.50. The van der Waals surface area contributed by atoms with E-state index >= 15 is 0 Å². The van der Waals surface area contributed by atoms with Crippen LogP contribution in [0.1, 0.15) is 19.8 Å². The number of carbonyl (C=O) groups excluding carboxylic acids is 1. The number of hydrogen-bond donors (Lipinski definition) is 1. The fraction of sp³-hybridized carbons (Fsp3) is 0.500. The van der Waals surface area contributed by atoms with Crippen molar-refractivity contribution in [2.24, 2.45) is 0 Å². The molecule has 0 fully saturated rings. The monoisotopic (exact) mass is 377 g/mol. The van der Waals surface area contributed by atoms with Crippen LogP contribution in [0.4, 0.5) is 32.0 Å². The molecule has 0 saturated heterocycles. The number of rotatable bonds is 6. The van der Waals surface area contributed by atoms with Crippen LogP contribution < -0.4 is 10.1 Å². The van der Waals surface area contributed by atoms with E-state index in [4.69, 9.17) is 4.74 Å². The van der Waals surface area contributed by atoms with Crippen molar-refractivity contribution in [3.63, 3.8) is 0 Å². The van der Waals surface area contributed by atoms with Crippen LogP contribution in [0.3, 0.4) is 0 Å². The summed E-state index contributed by atoms with van der Waals surface area (Å²) >= 11 is 4.62. The third-order valence-electron chi connectivity index (χ3n) is 2.97. The maximum absolute atomic E-state index is 12.7. The Kier molecular flexibility index (Phi) is 6.38. The van der Waals surface area contributed by atoms with Crippen molar-refractivity contribution in [3.8, 4) is 5.75 Å². The lowest BCUT2D eigenvalue weighted by Crippen LogP contribution is -2.60.